The molecule has 0 spiro atoms. The van der Waals surface area contributed by atoms with Gasteiger partial charge in [0.1, 0.15) is 6.61 Å². The van der Waals surface area contributed by atoms with Gasteiger partial charge in [-0.3, -0.25) is 9.59 Å². The lowest BCUT2D eigenvalue weighted by atomic mass is 9.98. The number of fused-ring (bicyclic) bond motifs is 3. The zero-order chi connectivity index (χ0) is 23.6. The average Bonchev–Trinajstić information content (AvgIpc) is 3.14. The van der Waals surface area contributed by atoms with Crippen LogP contribution in [0.4, 0.5) is 4.79 Å². The van der Waals surface area contributed by atoms with Crippen molar-refractivity contribution in [2.45, 2.75) is 25.7 Å². The number of rotatable bonds is 12. The number of carboxylic acids is 1. The first-order chi connectivity index (χ1) is 16.0. The first kappa shape index (κ1) is 24.3. The summed E-state index contributed by atoms with van der Waals surface area (Å²) in [6.07, 6.45) is -0.425. The van der Waals surface area contributed by atoms with Crippen molar-refractivity contribution in [2.24, 2.45) is 0 Å². The minimum Gasteiger partial charge on any atom is -0.481 e. The van der Waals surface area contributed by atoms with Crippen molar-refractivity contribution in [2.75, 3.05) is 39.5 Å². The Morgan fingerprint density at radius 3 is 2.21 bits per heavy atom. The second kappa shape index (κ2) is 12.0. The van der Waals surface area contributed by atoms with Gasteiger partial charge in [0.2, 0.25) is 5.91 Å². The third kappa shape index (κ3) is 6.55. The lowest BCUT2D eigenvalue weighted by Gasteiger charge is -2.19. The number of aliphatic carboxylic acids is 1. The van der Waals surface area contributed by atoms with E-state index in [1.807, 2.05) is 24.3 Å². The SMILES string of the molecule is CCN(CCC(=O)O)C(=O)CCOCCNC(=O)OCC1c2ccccc2-c2ccccc21. The number of nitrogens with zero attached hydrogens (tertiary/aromatic N) is 1. The minimum atomic E-state index is -0.934. The van der Waals surface area contributed by atoms with E-state index in [-0.39, 0.29) is 57.6 Å². The Labute approximate surface area is 193 Å². The van der Waals surface area contributed by atoms with Crippen LogP contribution in [-0.4, -0.2) is 67.4 Å². The molecule has 2 aromatic rings. The van der Waals surface area contributed by atoms with Gasteiger partial charge in [-0.05, 0) is 29.2 Å². The van der Waals surface area contributed by atoms with Crippen LogP contribution in [0, 0.1) is 0 Å². The Morgan fingerprint density at radius 1 is 0.970 bits per heavy atom. The summed E-state index contributed by atoms with van der Waals surface area (Å²) in [5, 5.41) is 11.4. The number of hydrogen-bond acceptors (Lipinski definition) is 5. The van der Waals surface area contributed by atoms with Gasteiger partial charge < -0.3 is 24.8 Å². The minimum absolute atomic E-state index is 0.00745. The van der Waals surface area contributed by atoms with Gasteiger partial charge in [-0.1, -0.05) is 48.5 Å². The monoisotopic (exact) mass is 454 g/mol. The van der Waals surface area contributed by atoms with Crippen LogP contribution in [0.3, 0.4) is 0 Å². The van der Waals surface area contributed by atoms with E-state index < -0.39 is 12.1 Å². The summed E-state index contributed by atoms with van der Waals surface area (Å²) >= 11 is 0. The molecule has 0 bridgehead atoms. The van der Waals surface area contributed by atoms with E-state index in [0.717, 1.165) is 11.1 Å². The largest absolute Gasteiger partial charge is 0.481 e. The highest BCUT2D eigenvalue weighted by Gasteiger charge is 2.28. The predicted octanol–water partition coefficient (Wildman–Crippen LogP) is 3.26. The van der Waals surface area contributed by atoms with Crippen LogP contribution in [0.5, 0.6) is 0 Å². The van der Waals surface area contributed by atoms with Crippen LogP contribution in [0.25, 0.3) is 11.1 Å². The van der Waals surface area contributed by atoms with Crippen LogP contribution in [0.2, 0.25) is 0 Å². The normalized spacial score (nSPS) is 12.0. The molecule has 0 aromatic heterocycles. The number of nitrogens with one attached hydrogen (secondary N) is 1. The van der Waals surface area contributed by atoms with Gasteiger partial charge in [0.25, 0.3) is 0 Å². The van der Waals surface area contributed by atoms with Crippen LogP contribution < -0.4 is 5.32 Å². The summed E-state index contributed by atoms with van der Waals surface area (Å²) in [5.74, 6) is -1.08. The molecule has 2 aromatic carbocycles. The molecular formula is C25H30N2O6. The van der Waals surface area contributed by atoms with Crippen LogP contribution in [0.15, 0.2) is 48.5 Å². The van der Waals surface area contributed by atoms with Crippen LogP contribution in [0.1, 0.15) is 36.8 Å². The molecule has 0 fully saturated rings. The van der Waals surface area contributed by atoms with Gasteiger partial charge in [0, 0.05) is 25.6 Å². The highest BCUT2D eigenvalue weighted by Crippen LogP contribution is 2.44. The fraction of sp³-hybridized carbons (Fsp3) is 0.400. The van der Waals surface area contributed by atoms with E-state index in [2.05, 4.69) is 29.6 Å². The van der Waals surface area contributed by atoms with Gasteiger partial charge in [-0.25, -0.2) is 4.79 Å². The summed E-state index contributed by atoms with van der Waals surface area (Å²) < 4.78 is 10.9. The van der Waals surface area contributed by atoms with Crippen molar-refractivity contribution in [1.29, 1.82) is 0 Å². The number of alkyl carbamates (subject to hydrolysis) is 1. The van der Waals surface area contributed by atoms with Crippen LogP contribution in [-0.2, 0) is 19.1 Å². The molecule has 1 aliphatic carbocycles. The number of carbonyl (C=O) groups is 3. The number of benzene rings is 2. The third-order valence-corrected chi connectivity index (χ3v) is 5.65. The molecule has 0 atom stereocenters. The van der Waals surface area contributed by atoms with Crippen LogP contribution >= 0.6 is 0 Å². The standard InChI is InChI=1S/C25H30N2O6/c1-2-27(14-11-24(29)30)23(28)12-15-32-16-13-26-25(31)33-17-22-20-9-5-3-7-18(20)19-8-4-6-10-21(19)22/h3-10,22H,2,11-17H2,1H3,(H,26,31)(H,29,30). The molecule has 176 valence electrons. The second-order valence-electron chi connectivity index (χ2n) is 7.73. The zero-order valence-corrected chi connectivity index (χ0v) is 18.8. The number of carbonyl (C=O) groups excluding carboxylic acids is 2. The second-order valence-corrected chi connectivity index (χ2v) is 7.73. The molecular weight excluding hydrogens is 424 g/mol. The third-order valence-electron chi connectivity index (χ3n) is 5.65. The average molecular weight is 455 g/mol. The summed E-state index contributed by atoms with van der Waals surface area (Å²) in [6, 6.07) is 16.3. The van der Waals surface area contributed by atoms with Crippen molar-refractivity contribution < 1.29 is 29.0 Å². The highest BCUT2D eigenvalue weighted by atomic mass is 16.5. The summed E-state index contributed by atoms with van der Waals surface area (Å²) in [7, 11) is 0. The maximum atomic E-state index is 12.1. The Morgan fingerprint density at radius 2 is 1.61 bits per heavy atom. The molecule has 8 heteroatoms. The lowest BCUT2D eigenvalue weighted by Crippen LogP contribution is -2.33. The first-order valence-electron chi connectivity index (χ1n) is 11.2. The van der Waals surface area contributed by atoms with E-state index in [9.17, 15) is 14.4 Å². The van der Waals surface area contributed by atoms with Gasteiger partial charge in [0.15, 0.2) is 0 Å². The number of carboxylic acid groups (broad SMARTS) is 1. The first-order valence-corrected chi connectivity index (χ1v) is 11.2. The molecule has 0 aliphatic heterocycles. The van der Waals surface area contributed by atoms with Gasteiger partial charge in [-0.15, -0.1) is 0 Å². The van der Waals surface area contributed by atoms with Crippen molar-refractivity contribution in [3.8, 4) is 11.1 Å². The molecule has 8 nitrogen and oxygen atoms in total. The zero-order valence-electron chi connectivity index (χ0n) is 18.8. The Kier molecular flexibility index (Phi) is 8.83. The van der Waals surface area contributed by atoms with E-state index in [1.54, 1.807) is 6.92 Å². The Balaban J connectivity index is 1.34. The topological polar surface area (TPSA) is 105 Å². The summed E-state index contributed by atoms with van der Waals surface area (Å²) in [5.41, 5.74) is 4.66. The van der Waals surface area contributed by atoms with Crippen molar-refractivity contribution in [3.05, 3.63) is 59.7 Å². The molecule has 2 amide bonds. The number of ether oxygens (including phenoxy) is 2. The molecule has 0 heterocycles. The molecule has 0 saturated carbocycles. The van der Waals surface area contributed by atoms with E-state index in [4.69, 9.17) is 14.6 Å². The maximum Gasteiger partial charge on any atom is 0.407 e. The van der Waals surface area contributed by atoms with Crippen molar-refractivity contribution in [3.63, 3.8) is 0 Å². The van der Waals surface area contributed by atoms with Gasteiger partial charge in [-0.2, -0.15) is 0 Å². The quantitative estimate of drug-likeness (QED) is 0.477. The Bertz CT molecular complexity index is 931. The molecule has 2 N–H and O–H groups in total. The molecule has 0 radical (unpaired) electrons. The molecule has 1 aliphatic rings. The molecule has 33 heavy (non-hydrogen) atoms. The molecule has 0 unspecified atom stereocenters. The van der Waals surface area contributed by atoms with Gasteiger partial charge in [0.05, 0.1) is 26.1 Å². The molecule has 0 saturated heterocycles. The summed E-state index contributed by atoms with van der Waals surface area (Å²) in [4.78, 5) is 36.3. The van der Waals surface area contributed by atoms with E-state index >= 15 is 0 Å². The van der Waals surface area contributed by atoms with Crippen molar-refractivity contribution >= 4 is 18.0 Å². The maximum absolute atomic E-state index is 12.1. The number of hydrogen-bond donors (Lipinski definition) is 2. The number of amides is 2. The predicted molar refractivity (Wildman–Crippen MR) is 123 cm³/mol. The fourth-order valence-corrected chi connectivity index (χ4v) is 3.98. The molecule has 3 rings (SSSR count). The summed E-state index contributed by atoms with van der Waals surface area (Å²) in [6.45, 7) is 3.41. The van der Waals surface area contributed by atoms with E-state index in [1.165, 1.54) is 16.0 Å². The smallest absolute Gasteiger partial charge is 0.407 e. The van der Waals surface area contributed by atoms with E-state index in [0.29, 0.717) is 6.54 Å². The van der Waals surface area contributed by atoms with Gasteiger partial charge >= 0.3 is 12.1 Å². The highest BCUT2D eigenvalue weighted by molar-refractivity contribution is 5.79. The fourth-order valence-electron chi connectivity index (χ4n) is 3.98. The van der Waals surface area contributed by atoms with Crippen molar-refractivity contribution in [1.82, 2.24) is 10.2 Å². The lowest BCUT2D eigenvalue weighted by molar-refractivity contribution is -0.138. The Hall–Kier alpha value is -3.39.